The minimum Gasteiger partial charge on any atom is -0.445 e. The van der Waals surface area contributed by atoms with E-state index in [0.29, 0.717) is 43.7 Å². The molecule has 1 aliphatic heterocycles. The van der Waals surface area contributed by atoms with Crippen LogP contribution in [0.2, 0.25) is 0 Å². The van der Waals surface area contributed by atoms with Gasteiger partial charge in [0.2, 0.25) is 0 Å². The Labute approximate surface area is 200 Å². The van der Waals surface area contributed by atoms with Gasteiger partial charge in [-0.25, -0.2) is 4.79 Å². The molecule has 1 amide bonds. The molecule has 1 aromatic rings. The average Bonchev–Trinajstić information content (AvgIpc) is 2.52. The summed E-state index contributed by atoms with van der Waals surface area (Å²) in [4.78, 5) is 26.6. The first-order valence-electron chi connectivity index (χ1n) is 8.45. The molecule has 0 unspecified atom stereocenters. The number of rotatable bonds is 3. The van der Waals surface area contributed by atoms with Gasteiger partial charge in [-0.05, 0) is 33.3 Å². The molecule has 0 aromatic heterocycles. The van der Waals surface area contributed by atoms with E-state index in [-0.39, 0.29) is 56.9 Å². The van der Waals surface area contributed by atoms with Gasteiger partial charge in [-0.3, -0.25) is 4.79 Å². The van der Waals surface area contributed by atoms with Crippen LogP contribution < -0.4 is 61.7 Å². The standard InChI is InChI=1S/C17H23BF3N2O3.K/c1-12-13(11-24)9-14(18(19,20)21)10-15(12)22-5-7-23(8-6-22)16(25)26-17(2,3)4;/h9-11H,5-8H2,1-4H3;/q-1;+1. The second-order valence-electron chi connectivity index (χ2n) is 7.40. The van der Waals surface area contributed by atoms with Gasteiger partial charge in [-0.1, -0.05) is 12.1 Å². The zero-order valence-corrected chi connectivity index (χ0v) is 19.5. The molecule has 27 heavy (non-hydrogen) atoms. The average molecular weight is 410 g/mol. The molecule has 1 aromatic carbocycles. The Kier molecular flexibility index (Phi) is 8.43. The number of piperazine rings is 1. The Morgan fingerprint density at radius 2 is 1.70 bits per heavy atom. The Balaban J connectivity index is 0.00000364. The maximum atomic E-state index is 13.2. The van der Waals surface area contributed by atoms with Crippen molar-refractivity contribution < 1.29 is 78.7 Å². The quantitative estimate of drug-likeness (QED) is 0.517. The van der Waals surface area contributed by atoms with Gasteiger partial charge in [0.05, 0.1) is 0 Å². The topological polar surface area (TPSA) is 49.9 Å². The van der Waals surface area contributed by atoms with Gasteiger partial charge in [0.25, 0.3) is 0 Å². The van der Waals surface area contributed by atoms with Crippen LogP contribution in [0.3, 0.4) is 0 Å². The molecule has 0 spiro atoms. The van der Waals surface area contributed by atoms with Gasteiger partial charge < -0.3 is 27.5 Å². The van der Waals surface area contributed by atoms with Crippen molar-refractivity contribution in [3.63, 3.8) is 0 Å². The number of benzene rings is 1. The first-order chi connectivity index (χ1) is 11.9. The summed E-state index contributed by atoms with van der Waals surface area (Å²) in [5, 5.41) is 0. The van der Waals surface area contributed by atoms with Crippen molar-refractivity contribution in [1.82, 2.24) is 4.90 Å². The predicted molar refractivity (Wildman–Crippen MR) is 95.3 cm³/mol. The SMILES string of the molecule is Cc1c(C=O)cc([B-](F)(F)F)cc1N1CCN(C(=O)OC(C)(C)C)CC1.[K+]. The molecule has 144 valence electrons. The van der Waals surface area contributed by atoms with Gasteiger partial charge in [0.1, 0.15) is 11.9 Å². The van der Waals surface area contributed by atoms with Gasteiger partial charge in [0.15, 0.2) is 0 Å². The summed E-state index contributed by atoms with van der Waals surface area (Å²) in [5.74, 6) is 0. The number of halogens is 3. The summed E-state index contributed by atoms with van der Waals surface area (Å²) in [5.41, 5.74) is -0.469. The van der Waals surface area contributed by atoms with Crippen LogP contribution in [0, 0.1) is 6.92 Å². The number of hydrogen-bond donors (Lipinski definition) is 0. The molecule has 10 heteroatoms. The molecule has 0 N–H and O–H groups in total. The third kappa shape index (κ3) is 6.49. The zero-order valence-electron chi connectivity index (χ0n) is 16.4. The Hall–Kier alpha value is -0.549. The smallest absolute Gasteiger partial charge is 0.445 e. The van der Waals surface area contributed by atoms with Crippen molar-refractivity contribution in [2.24, 2.45) is 0 Å². The largest absolute Gasteiger partial charge is 1.00 e. The molecule has 1 heterocycles. The van der Waals surface area contributed by atoms with Gasteiger partial charge >= 0.3 is 64.5 Å². The van der Waals surface area contributed by atoms with Crippen molar-refractivity contribution in [1.29, 1.82) is 0 Å². The Morgan fingerprint density at radius 1 is 1.15 bits per heavy atom. The molecule has 1 aliphatic rings. The summed E-state index contributed by atoms with van der Waals surface area (Å²) >= 11 is 0. The molecule has 0 saturated carbocycles. The maximum Gasteiger partial charge on any atom is 1.00 e. The van der Waals surface area contributed by atoms with Crippen molar-refractivity contribution in [2.75, 3.05) is 31.1 Å². The van der Waals surface area contributed by atoms with Crippen LogP contribution >= 0.6 is 0 Å². The summed E-state index contributed by atoms with van der Waals surface area (Å²) in [6.45, 7) is 3.16. The number of aldehydes is 1. The summed E-state index contributed by atoms with van der Waals surface area (Å²) in [7, 11) is 0. The molecule has 0 bridgehead atoms. The Bertz CT molecular complexity index is 700. The zero-order chi connectivity index (χ0) is 19.7. The van der Waals surface area contributed by atoms with Gasteiger partial charge in [0, 0.05) is 37.4 Å². The normalized spacial score (nSPS) is 15.2. The molecular weight excluding hydrogens is 387 g/mol. The van der Waals surface area contributed by atoms with Crippen molar-refractivity contribution in [3.8, 4) is 0 Å². The molecule has 1 fully saturated rings. The molecule has 5 nitrogen and oxygen atoms in total. The summed E-state index contributed by atoms with van der Waals surface area (Å²) < 4.78 is 44.8. The fraction of sp³-hybridized carbons (Fsp3) is 0.529. The van der Waals surface area contributed by atoms with Crippen molar-refractivity contribution in [2.45, 2.75) is 33.3 Å². The summed E-state index contributed by atoms with van der Waals surface area (Å²) in [6, 6.07) is 1.98. The minimum atomic E-state index is -5.20. The van der Waals surface area contributed by atoms with E-state index in [2.05, 4.69) is 0 Å². The third-order valence-corrected chi connectivity index (χ3v) is 4.22. The number of carbonyl (C=O) groups excluding carboxylic acids is 2. The number of carbonyl (C=O) groups is 2. The van der Waals surface area contributed by atoms with E-state index in [9.17, 15) is 22.5 Å². The van der Waals surface area contributed by atoms with E-state index in [4.69, 9.17) is 4.74 Å². The molecule has 2 rings (SSSR count). The monoisotopic (exact) mass is 410 g/mol. The fourth-order valence-corrected chi connectivity index (χ4v) is 2.84. The van der Waals surface area contributed by atoms with E-state index in [1.807, 2.05) is 0 Å². The molecule has 0 aliphatic carbocycles. The second-order valence-corrected chi connectivity index (χ2v) is 7.40. The molecular formula is C17H23BF3KN2O3. The van der Waals surface area contributed by atoms with Gasteiger partial charge in [-0.2, -0.15) is 0 Å². The van der Waals surface area contributed by atoms with Crippen LogP contribution in [0.25, 0.3) is 0 Å². The molecule has 0 atom stereocenters. The van der Waals surface area contributed by atoms with Crippen LogP contribution in [-0.2, 0) is 4.74 Å². The Morgan fingerprint density at radius 3 is 2.15 bits per heavy atom. The predicted octanol–water partition coefficient (Wildman–Crippen LogP) is -0.0770. The van der Waals surface area contributed by atoms with Crippen LogP contribution in [0.1, 0.15) is 36.7 Å². The number of anilines is 1. The van der Waals surface area contributed by atoms with E-state index in [1.54, 1.807) is 32.6 Å². The van der Waals surface area contributed by atoms with Crippen LogP contribution in [0.5, 0.6) is 0 Å². The van der Waals surface area contributed by atoms with E-state index in [0.717, 1.165) is 12.1 Å². The maximum absolute atomic E-state index is 13.2. The first kappa shape index (κ1) is 24.5. The van der Waals surface area contributed by atoms with E-state index in [1.165, 1.54) is 4.90 Å². The number of nitrogens with zero attached hydrogens (tertiary/aromatic N) is 2. The van der Waals surface area contributed by atoms with Gasteiger partial charge in [-0.15, -0.1) is 5.46 Å². The second kappa shape index (κ2) is 9.30. The van der Waals surface area contributed by atoms with E-state index >= 15 is 0 Å². The third-order valence-electron chi connectivity index (χ3n) is 4.22. The molecule has 0 radical (unpaired) electrons. The fourth-order valence-electron chi connectivity index (χ4n) is 2.84. The van der Waals surface area contributed by atoms with Crippen LogP contribution in [0.4, 0.5) is 23.4 Å². The van der Waals surface area contributed by atoms with Crippen LogP contribution in [0.15, 0.2) is 12.1 Å². The number of ether oxygens (including phenoxy) is 1. The van der Waals surface area contributed by atoms with Crippen molar-refractivity contribution in [3.05, 3.63) is 23.3 Å². The number of hydrogen-bond acceptors (Lipinski definition) is 4. The summed E-state index contributed by atoms with van der Waals surface area (Å²) in [6.07, 6.45) is 0.0102. The molecule has 1 saturated heterocycles. The minimum absolute atomic E-state index is 0. The number of amides is 1. The van der Waals surface area contributed by atoms with Crippen LogP contribution in [-0.4, -0.2) is 56.0 Å². The van der Waals surface area contributed by atoms with E-state index < -0.39 is 24.1 Å². The van der Waals surface area contributed by atoms with Crippen molar-refractivity contribution >= 4 is 30.5 Å². The first-order valence-corrected chi connectivity index (χ1v) is 8.45.